The van der Waals surface area contributed by atoms with Crippen LogP contribution < -0.4 is 0 Å². The SMILES string of the molecule is Oc1ccc2ccc3c(Cc4ccccc4)ccc4ccc1c2c43. The number of rotatable bonds is 2. The first-order valence-electron chi connectivity index (χ1n) is 8.23. The summed E-state index contributed by atoms with van der Waals surface area (Å²) in [6, 6.07) is 27.3. The molecule has 1 heteroatoms. The summed E-state index contributed by atoms with van der Waals surface area (Å²) in [5.41, 5.74) is 2.64. The van der Waals surface area contributed by atoms with Gasteiger partial charge in [0.15, 0.2) is 0 Å². The number of hydrogen-bond acceptors (Lipinski definition) is 1. The monoisotopic (exact) mass is 308 g/mol. The van der Waals surface area contributed by atoms with Gasteiger partial charge in [-0.1, -0.05) is 72.8 Å². The Morgan fingerprint density at radius 1 is 0.583 bits per heavy atom. The average Bonchev–Trinajstić information content (AvgIpc) is 2.63. The standard InChI is InChI=1S/C23H16O/c24-21-13-10-17-8-11-19-18(14-15-4-2-1-3-5-15)7-6-16-9-12-20(21)23(17)22(16)19/h1-13,24H,14H2. The first-order valence-corrected chi connectivity index (χ1v) is 8.23. The second-order valence-corrected chi connectivity index (χ2v) is 6.39. The highest BCUT2D eigenvalue weighted by molar-refractivity contribution is 6.24. The molecular formula is C23H16O. The summed E-state index contributed by atoms with van der Waals surface area (Å²) in [4.78, 5) is 0. The Bertz CT molecular complexity index is 1170. The minimum atomic E-state index is 0.352. The van der Waals surface area contributed by atoms with E-state index in [0.29, 0.717) is 5.75 Å². The number of benzene rings is 5. The highest BCUT2D eigenvalue weighted by Crippen LogP contribution is 2.39. The third-order valence-corrected chi connectivity index (χ3v) is 4.97. The number of phenolic OH excluding ortho intramolecular Hbond substituents is 1. The Balaban J connectivity index is 1.85. The van der Waals surface area contributed by atoms with Gasteiger partial charge in [0.1, 0.15) is 5.75 Å². The lowest BCUT2D eigenvalue weighted by atomic mass is 9.90. The van der Waals surface area contributed by atoms with Gasteiger partial charge in [0.2, 0.25) is 0 Å². The van der Waals surface area contributed by atoms with Crippen LogP contribution in [0.4, 0.5) is 0 Å². The molecule has 1 nitrogen and oxygen atoms in total. The molecule has 0 amide bonds. The summed E-state index contributed by atoms with van der Waals surface area (Å²) < 4.78 is 0. The van der Waals surface area contributed by atoms with Gasteiger partial charge < -0.3 is 5.11 Å². The van der Waals surface area contributed by atoms with Gasteiger partial charge in [-0.15, -0.1) is 0 Å². The molecule has 0 aliphatic heterocycles. The van der Waals surface area contributed by atoms with E-state index in [1.54, 1.807) is 6.07 Å². The zero-order chi connectivity index (χ0) is 16.1. The van der Waals surface area contributed by atoms with E-state index in [-0.39, 0.29) is 0 Å². The van der Waals surface area contributed by atoms with Crippen molar-refractivity contribution in [1.82, 2.24) is 0 Å². The Labute approximate surface area is 140 Å². The Morgan fingerprint density at radius 2 is 1.21 bits per heavy atom. The fourth-order valence-corrected chi connectivity index (χ4v) is 3.82. The molecule has 0 spiro atoms. The summed E-state index contributed by atoms with van der Waals surface area (Å²) in [6.45, 7) is 0. The maximum Gasteiger partial charge on any atom is 0.123 e. The van der Waals surface area contributed by atoms with Crippen LogP contribution in [-0.4, -0.2) is 5.11 Å². The molecule has 0 heterocycles. The van der Waals surface area contributed by atoms with Crippen LogP contribution >= 0.6 is 0 Å². The molecule has 5 rings (SSSR count). The van der Waals surface area contributed by atoms with E-state index in [1.165, 1.54) is 38.1 Å². The van der Waals surface area contributed by atoms with E-state index in [2.05, 4.69) is 60.7 Å². The minimum Gasteiger partial charge on any atom is -0.507 e. The molecule has 24 heavy (non-hydrogen) atoms. The molecule has 0 aliphatic carbocycles. The lowest BCUT2D eigenvalue weighted by molar-refractivity contribution is 0.482. The fourth-order valence-electron chi connectivity index (χ4n) is 3.82. The topological polar surface area (TPSA) is 20.2 Å². The van der Waals surface area contributed by atoms with Crippen LogP contribution in [0.25, 0.3) is 32.3 Å². The smallest absolute Gasteiger partial charge is 0.123 e. The lowest BCUT2D eigenvalue weighted by Crippen LogP contribution is -1.92. The van der Waals surface area contributed by atoms with Crippen molar-refractivity contribution in [2.45, 2.75) is 6.42 Å². The van der Waals surface area contributed by atoms with E-state index >= 15 is 0 Å². The predicted molar refractivity (Wildman–Crippen MR) is 101 cm³/mol. The van der Waals surface area contributed by atoms with Crippen molar-refractivity contribution >= 4 is 32.3 Å². The van der Waals surface area contributed by atoms with Crippen molar-refractivity contribution in [2.75, 3.05) is 0 Å². The molecule has 5 aromatic rings. The van der Waals surface area contributed by atoms with Crippen molar-refractivity contribution < 1.29 is 5.11 Å². The van der Waals surface area contributed by atoms with Gasteiger partial charge in [-0.3, -0.25) is 0 Å². The van der Waals surface area contributed by atoms with Gasteiger partial charge in [0, 0.05) is 10.8 Å². The van der Waals surface area contributed by atoms with Gasteiger partial charge in [-0.2, -0.15) is 0 Å². The summed E-state index contributed by atoms with van der Waals surface area (Å²) in [5, 5.41) is 17.3. The molecule has 114 valence electrons. The van der Waals surface area contributed by atoms with Crippen molar-refractivity contribution in [2.24, 2.45) is 0 Å². The van der Waals surface area contributed by atoms with E-state index in [4.69, 9.17) is 0 Å². The van der Waals surface area contributed by atoms with Crippen molar-refractivity contribution in [1.29, 1.82) is 0 Å². The van der Waals surface area contributed by atoms with E-state index in [1.807, 2.05) is 12.1 Å². The Hall–Kier alpha value is -3.06. The number of aromatic hydroxyl groups is 1. The largest absolute Gasteiger partial charge is 0.507 e. The van der Waals surface area contributed by atoms with Crippen molar-refractivity contribution in [3.05, 3.63) is 90.0 Å². The minimum absolute atomic E-state index is 0.352. The lowest BCUT2D eigenvalue weighted by Gasteiger charge is -2.14. The quantitative estimate of drug-likeness (QED) is 0.404. The molecule has 5 aromatic carbocycles. The van der Waals surface area contributed by atoms with Crippen LogP contribution in [0.3, 0.4) is 0 Å². The summed E-state index contributed by atoms with van der Waals surface area (Å²) >= 11 is 0. The molecule has 0 bridgehead atoms. The number of phenols is 1. The summed E-state index contributed by atoms with van der Waals surface area (Å²) in [7, 11) is 0. The second kappa shape index (κ2) is 4.97. The zero-order valence-corrected chi connectivity index (χ0v) is 13.2. The van der Waals surface area contributed by atoms with Crippen LogP contribution in [0.15, 0.2) is 78.9 Å². The van der Waals surface area contributed by atoms with Gasteiger partial charge in [-0.05, 0) is 45.2 Å². The molecule has 0 aliphatic rings. The Kier molecular flexibility index (Phi) is 2.77. The third kappa shape index (κ3) is 1.88. The van der Waals surface area contributed by atoms with Crippen LogP contribution in [0, 0.1) is 0 Å². The first-order chi connectivity index (χ1) is 11.8. The van der Waals surface area contributed by atoms with Gasteiger partial charge in [-0.25, -0.2) is 0 Å². The van der Waals surface area contributed by atoms with Crippen LogP contribution in [-0.2, 0) is 6.42 Å². The van der Waals surface area contributed by atoms with Crippen LogP contribution in [0.5, 0.6) is 5.75 Å². The normalized spacial score (nSPS) is 11.7. The molecule has 0 saturated heterocycles. The maximum absolute atomic E-state index is 10.3. The molecule has 0 aromatic heterocycles. The number of hydrogen-bond donors (Lipinski definition) is 1. The van der Waals surface area contributed by atoms with Crippen molar-refractivity contribution in [3.63, 3.8) is 0 Å². The van der Waals surface area contributed by atoms with E-state index < -0.39 is 0 Å². The zero-order valence-electron chi connectivity index (χ0n) is 13.2. The summed E-state index contributed by atoms with van der Waals surface area (Å²) in [6.07, 6.45) is 0.918. The van der Waals surface area contributed by atoms with Crippen molar-refractivity contribution in [3.8, 4) is 5.75 Å². The first kappa shape index (κ1) is 13.4. The van der Waals surface area contributed by atoms with Gasteiger partial charge in [0.25, 0.3) is 0 Å². The second-order valence-electron chi connectivity index (χ2n) is 6.39. The highest BCUT2D eigenvalue weighted by Gasteiger charge is 2.12. The Morgan fingerprint density at radius 3 is 2.00 bits per heavy atom. The van der Waals surface area contributed by atoms with E-state index in [9.17, 15) is 5.11 Å². The molecule has 0 radical (unpaired) electrons. The predicted octanol–water partition coefficient (Wildman–Crippen LogP) is 5.88. The average molecular weight is 308 g/mol. The van der Waals surface area contributed by atoms with Gasteiger partial charge in [0.05, 0.1) is 0 Å². The molecule has 0 atom stereocenters. The summed E-state index contributed by atoms with van der Waals surface area (Å²) in [5.74, 6) is 0.352. The maximum atomic E-state index is 10.3. The molecule has 1 N–H and O–H groups in total. The molecule has 0 saturated carbocycles. The van der Waals surface area contributed by atoms with Crippen LogP contribution in [0.1, 0.15) is 11.1 Å². The molecule has 0 fully saturated rings. The van der Waals surface area contributed by atoms with Gasteiger partial charge >= 0.3 is 0 Å². The van der Waals surface area contributed by atoms with E-state index in [0.717, 1.165) is 11.8 Å². The third-order valence-electron chi connectivity index (χ3n) is 4.97. The fraction of sp³-hybridized carbons (Fsp3) is 0.0435. The highest BCUT2D eigenvalue weighted by atomic mass is 16.3. The molecule has 0 unspecified atom stereocenters. The molecular weight excluding hydrogens is 292 g/mol. The van der Waals surface area contributed by atoms with Crippen LogP contribution in [0.2, 0.25) is 0 Å².